The fraction of sp³-hybridized carbons (Fsp3) is 0.192. The first-order chi connectivity index (χ1) is 18.3. The molecule has 194 valence electrons. The summed E-state index contributed by atoms with van der Waals surface area (Å²) >= 11 is 6.07. The number of hydrogen-bond donors (Lipinski definition) is 4. The van der Waals surface area contributed by atoms with Gasteiger partial charge in [-0.05, 0) is 36.4 Å². The van der Waals surface area contributed by atoms with Crippen molar-refractivity contribution >= 4 is 45.6 Å². The molecule has 12 heteroatoms. The first kappa shape index (κ1) is 25.6. The Kier molecular flexibility index (Phi) is 7.02. The molecule has 0 spiro atoms. The van der Waals surface area contributed by atoms with Gasteiger partial charge in [-0.25, -0.2) is 4.79 Å². The Morgan fingerprint density at radius 2 is 1.50 bits per heavy atom. The van der Waals surface area contributed by atoms with Crippen molar-refractivity contribution in [2.45, 2.75) is 30.6 Å². The third kappa shape index (κ3) is 4.57. The highest BCUT2D eigenvalue weighted by Crippen LogP contribution is 2.37. The van der Waals surface area contributed by atoms with E-state index < -0.39 is 36.6 Å². The number of carboxylic acids is 1. The summed E-state index contributed by atoms with van der Waals surface area (Å²) in [6.07, 6.45) is -5.88. The van der Waals surface area contributed by atoms with Gasteiger partial charge >= 0.3 is 5.97 Å². The molecule has 3 heterocycles. The molecule has 5 atom stereocenters. The van der Waals surface area contributed by atoms with Crippen LogP contribution in [-0.2, 0) is 9.53 Å². The van der Waals surface area contributed by atoms with E-state index in [9.17, 15) is 30.0 Å². The largest absolute Gasteiger partial charge is 0.479 e. The van der Waals surface area contributed by atoms with Crippen LogP contribution in [0, 0.1) is 0 Å². The van der Waals surface area contributed by atoms with Crippen molar-refractivity contribution in [1.82, 2.24) is 15.2 Å². The van der Waals surface area contributed by atoms with Crippen LogP contribution in [0.25, 0.3) is 10.8 Å². The van der Waals surface area contributed by atoms with Gasteiger partial charge in [-0.15, -0.1) is 10.2 Å². The lowest BCUT2D eigenvalue weighted by Gasteiger charge is -2.44. The number of aromatic nitrogens is 3. The van der Waals surface area contributed by atoms with Gasteiger partial charge in [-0.3, -0.25) is 14.7 Å². The third-order valence-electron chi connectivity index (χ3n) is 6.24. The Labute approximate surface area is 220 Å². The number of ether oxygens (including phenoxy) is 1. The van der Waals surface area contributed by atoms with Crippen molar-refractivity contribution in [3.63, 3.8) is 0 Å². The van der Waals surface area contributed by atoms with Crippen molar-refractivity contribution in [3.8, 4) is 0 Å². The predicted octanol–water partition coefficient (Wildman–Crippen LogP) is 1.94. The summed E-state index contributed by atoms with van der Waals surface area (Å²) in [6, 6.07) is 16.2. The molecule has 0 aliphatic carbocycles. The van der Waals surface area contributed by atoms with Gasteiger partial charge in [0.1, 0.15) is 24.0 Å². The maximum Gasteiger partial charge on any atom is 0.335 e. The maximum atomic E-state index is 13.3. The maximum absolute atomic E-state index is 13.3. The highest BCUT2D eigenvalue weighted by atomic mass is 35.5. The summed E-state index contributed by atoms with van der Waals surface area (Å²) in [7, 11) is 0. The van der Waals surface area contributed by atoms with Crippen LogP contribution in [0.1, 0.15) is 16.1 Å². The standard InChI is InChI=1S/C26H21ClN4O7/c27-14-5-7-15(8-6-14)31(25-22(35)20(33)21(34)23(38-25)26(36)37)24-17-4-2-1-3-16(17)18(29-30-24)19(32)13-9-11-28-12-10-13/h1-12,20-23,25,33-35H,(H,36,37)/t20-,21-,22+,23-,25+/m0/s1. The zero-order valence-corrected chi connectivity index (χ0v) is 20.3. The topological polar surface area (TPSA) is 166 Å². The molecule has 0 unspecified atom stereocenters. The molecular formula is C26H21ClN4O7. The number of rotatable bonds is 6. The molecule has 1 aliphatic heterocycles. The molecule has 38 heavy (non-hydrogen) atoms. The molecule has 5 rings (SSSR count). The Morgan fingerprint density at radius 3 is 2.16 bits per heavy atom. The molecule has 1 aliphatic rings. The minimum Gasteiger partial charge on any atom is -0.479 e. The lowest BCUT2D eigenvalue weighted by atomic mass is 9.96. The van der Waals surface area contributed by atoms with Gasteiger partial charge in [-0.2, -0.15) is 0 Å². The summed E-state index contributed by atoms with van der Waals surface area (Å²) in [5, 5.41) is 51.0. The molecule has 0 bridgehead atoms. The Bertz CT molecular complexity index is 1490. The summed E-state index contributed by atoms with van der Waals surface area (Å²) in [4.78, 5) is 30.3. The quantitative estimate of drug-likeness (QED) is 0.266. The van der Waals surface area contributed by atoms with Gasteiger partial charge in [0.25, 0.3) is 0 Å². The molecule has 1 saturated heterocycles. The normalized spacial score (nSPS) is 23.2. The first-order valence-corrected chi connectivity index (χ1v) is 11.8. The molecule has 11 nitrogen and oxygen atoms in total. The average molecular weight is 537 g/mol. The zero-order valence-electron chi connectivity index (χ0n) is 19.5. The summed E-state index contributed by atoms with van der Waals surface area (Å²) in [5.41, 5.74) is 0.781. The summed E-state index contributed by atoms with van der Waals surface area (Å²) in [5.74, 6) is -1.82. The predicted molar refractivity (Wildman–Crippen MR) is 135 cm³/mol. The highest BCUT2D eigenvalue weighted by Gasteiger charge is 2.49. The number of halogens is 1. The summed E-state index contributed by atoms with van der Waals surface area (Å²) in [6.45, 7) is 0. The van der Waals surface area contributed by atoms with Crippen LogP contribution < -0.4 is 4.90 Å². The highest BCUT2D eigenvalue weighted by molar-refractivity contribution is 6.30. The van der Waals surface area contributed by atoms with E-state index in [1.54, 1.807) is 60.7 Å². The van der Waals surface area contributed by atoms with E-state index in [1.165, 1.54) is 17.3 Å². The van der Waals surface area contributed by atoms with Crippen LogP contribution >= 0.6 is 11.6 Å². The number of aliphatic hydroxyl groups excluding tert-OH is 3. The molecule has 0 amide bonds. The fourth-order valence-corrected chi connectivity index (χ4v) is 4.47. The van der Waals surface area contributed by atoms with Crippen molar-refractivity contribution in [2.75, 3.05) is 4.90 Å². The number of aliphatic carboxylic acids is 1. The number of carbonyl (C=O) groups is 2. The average Bonchev–Trinajstić information content (AvgIpc) is 2.94. The van der Waals surface area contributed by atoms with Gasteiger partial charge < -0.3 is 25.2 Å². The SMILES string of the molecule is O=C(c1ccncc1)c1nnc(N(c2ccc(Cl)cc2)[C@@H]2O[C@H](C(=O)O)[C@@H](O)[C@H](O)[C@H]2O)c2ccccc12. The summed E-state index contributed by atoms with van der Waals surface area (Å²) < 4.78 is 5.63. The van der Waals surface area contributed by atoms with Crippen LogP contribution in [0.15, 0.2) is 73.1 Å². The van der Waals surface area contributed by atoms with E-state index >= 15 is 0 Å². The van der Waals surface area contributed by atoms with Crippen LogP contribution in [0.3, 0.4) is 0 Å². The molecule has 0 saturated carbocycles. The number of pyridine rings is 1. The number of fused-ring (bicyclic) bond motifs is 1. The molecule has 2 aromatic heterocycles. The van der Waals surface area contributed by atoms with Crippen molar-refractivity contribution in [2.24, 2.45) is 0 Å². The lowest BCUT2D eigenvalue weighted by Crippen LogP contribution is -2.63. The van der Waals surface area contributed by atoms with Gasteiger partial charge in [0, 0.05) is 39.4 Å². The van der Waals surface area contributed by atoms with E-state index in [2.05, 4.69) is 15.2 Å². The third-order valence-corrected chi connectivity index (χ3v) is 6.50. The first-order valence-electron chi connectivity index (χ1n) is 11.5. The number of anilines is 2. The van der Waals surface area contributed by atoms with Gasteiger partial charge in [-0.1, -0.05) is 35.9 Å². The number of carbonyl (C=O) groups excluding carboxylic acids is 1. The second-order valence-electron chi connectivity index (χ2n) is 8.59. The molecular weight excluding hydrogens is 516 g/mol. The van der Waals surface area contributed by atoms with E-state index in [0.717, 1.165) is 0 Å². The Morgan fingerprint density at radius 1 is 0.842 bits per heavy atom. The number of ketones is 1. The zero-order chi connectivity index (χ0) is 27.0. The fourth-order valence-electron chi connectivity index (χ4n) is 4.35. The number of hydrogen-bond acceptors (Lipinski definition) is 10. The number of nitrogens with zero attached hydrogens (tertiary/aromatic N) is 4. The molecule has 1 fully saturated rings. The number of carboxylic acid groups (broad SMARTS) is 1. The van der Waals surface area contributed by atoms with Gasteiger partial charge in [0.2, 0.25) is 5.78 Å². The van der Waals surface area contributed by atoms with Crippen molar-refractivity contribution in [1.29, 1.82) is 0 Å². The molecule has 2 aromatic carbocycles. The second kappa shape index (κ2) is 10.4. The van der Waals surface area contributed by atoms with Crippen LogP contribution in [-0.4, -0.2) is 78.0 Å². The molecule has 0 radical (unpaired) electrons. The molecule has 4 aromatic rings. The van der Waals surface area contributed by atoms with E-state index in [1.807, 2.05) is 0 Å². The van der Waals surface area contributed by atoms with Crippen LogP contribution in [0.4, 0.5) is 11.5 Å². The second-order valence-corrected chi connectivity index (χ2v) is 9.02. The van der Waals surface area contributed by atoms with Crippen LogP contribution in [0.2, 0.25) is 5.02 Å². The van der Waals surface area contributed by atoms with E-state index in [4.69, 9.17) is 16.3 Å². The van der Waals surface area contributed by atoms with E-state index in [-0.39, 0.29) is 17.3 Å². The van der Waals surface area contributed by atoms with Gasteiger partial charge in [0.15, 0.2) is 18.1 Å². The van der Waals surface area contributed by atoms with Gasteiger partial charge in [0.05, 0.1) is 0 Å². The van der Waals surface area contributed by atoms with Crippen molar-refractivity contribution < 1.29 is 34.8 Å². The molecule has 4 N–H and O–H groups in total. The Hall–Kier alpha value is -4.00. The monoisotopic (exact) mass is 536 g/mol. The van der Waals surface area contributed by atoms with Crippen LogP contribution in [0.5, 0.6) is 0 Å². The minimum absolute atomic E-state index is 0.0654. The van der Waals surface area contributed by atoms with E-state index in [0.29, 0.717) is 27.0 Å². The number of aliphatic hydroxyl groups is 3. The lowest BCUT2D eigenvalue weighted by molar-refractivity contribution is -0.225. The Balaban J connectivity index is 1.69. The minimum atomic E-state index is -1.88. The van der Waals surface area contributed by atoms with Crippen molar-refractivity contribution in [3.05, 3.63) is 89.3 Å². The smallest absolute Gasteiger partial charge is 0.335 e. The number of benzene rings is 2.